The average Bonchev–Trinajstić information content (AvgIpc) is 2.16. The summed E-state index contributed by atoms with van der Waals surface area (Å²) in [7, 11) is 0. The number of aliphatic hydroxyl groups excluding tert-OH is 1. The summed E-state index contributed by atoms with van der Waals surface area (Å²) in [5, 5.41) is 14.4. The summed E-state index contributed by atoms with van der Waals surface area (Å²) in [4.78, 5) is 11.5. The molecule has 16 heavy (non-hydrogen) atoms. The number of hydrogen-bond donors (Lipinski definition) is 3. The molecule has 0 atom stereocenters. The van der Waals surface area contributed by atoms with Gasteiger partial charge in [-0.25, -0.2) is 4.79 Å². The maximum atomic E-state index is 11.5. The Balaban J connectivity index is 2.56. The molecule has 4 nitrogen and oxygen atoms in total. The molecule has 3 N–H and O–H groups in total. The summed E-state index contributed by atoms with van der Waals surface area (Å²) in [5.41, 5.74) is 1.27. The Kier molecular flexibility index (Phi) is 3.90. The molecule has 0 aliphatic rings. The minimum Gasteiger partial charge on any atom is -0.392 e. The van der Waals surface area contributed by atoms with Crippen molar-refractivity contribution in [3.8, 4) is 0 Å². The van der Waals surface area contributed by atoms with Gasteiger partial charge >= 0.3 is 6.03 Å². The molecule has 88 valence electrons. The van der Waals surface area contributed by atoms with Gasteiger partial charge in [-0.3, -0.25) is 0 Å². The number of aliphatic hydroxyl groups is 1. The van der Waals surface area contributed by atoms with Crippen molar-refractivity contribution in [1.82, 2.24) is 5.32 Å². The lowest BCUT2D eigenvalue weighted by molar-refractivity contribution is 0.244. The van der Waals surface area contributed by atoms with Crippen molar-refractivity contribution in [3.63, 3.8) is 0 Å². The first kappa shape index (κ1) is 12.5. The van der Waals surface area contributed by atoms with Crippen molar-refractivity contribution in [3.05, 3.63) is 29.8 Å². The zero-order valence-corrected chi connectivity index (χ0v) is 9.87. The fourth-order valence-electron chi connectivity index (χ4n) is 1.20. The van der Waals surface area contributed by atoms with Gasteiger partial charge in [-0.05, 0) is 38.5 Å². The molecule has 0 aliphatic carbocycles. The van der Waals surface area contributed by atoms with Crippen LogP contribution in [0.1, 0.15) is 26.3 Å². The van der Waals surface area contributed by atoms with Crippen LogP contribution in [0.15, 0.2) is 24.3 Å². The van der Waals surface area contributed by atoms with Crippen molar-refractivity contribution in [2.24, 2.45) is 0 Å². The van der Waals surface area contributed by atoms with Crippen LogP contribution >= 0.6 is 0 Å². The molecule has 1 aromatic rings. The van der Waals surface area contributed by atoms with Gasteiger partial charge in [0.05, 0.1) is 6.61 Å². The van der Waals surface area contributed by atoms with E-state index < -0.39 is 0 Å². The predicted molar refractivity (Wildman–Crippen MR) is 64.3 cm³/mol. The van der Waals surface area contributed by atoms with E-state index in [1.807, 2.05) is 20.8 Å². The van der Waals surface area contributed by atoms with E-state index in [2.05, 4.69) is 10.6 Å². The van der Waals surface area contributed by atoms with Crippen molar-refractivity contribution in [2.75, 3.05) is 5.32 Å². The Morgan fingerprint density at radius 3 is 2.25 bits per heavy atom. The van der Waals surface area contributed by atoms with E-state index in [0.717, 1.165) is 5.56 Å². The molecule has 0 bridgehead atoms. The van der Waals surface area contributed by atoms with E-state index in [1.54, 1.807) is 24.3 Å². The maximum Gasteiger partial charge on any atom is 0.319 e. The van der Waals surface area contributed by atoms with Gasteiger partial charge in [-0.1, -0.05) is 12.1 Å². The predicted octanol–water partition coefficient (Wildman–Crippen LogP) is 2.10. The second-order valence-electron chi connectivity index (χ2n) is 4.68. The number of amides is 2. The molecule has 1 aromatic carbocycles. The van der Waals surface area contributed by atoms with Crippen LogP contribution in [0.25, 0.3) is 0 Å². The molecule has 0 saturated carbocycles. The van der Waals surface area contributed by atoms with E-state index in [-0.39, 0.29) is 18.2 Å². The van der Waals surface area contributed by atoms with Crippen molar-refractivity contribution in [1.29, 1.82) is 0 Å². The largest absolute Gasteiger partial charge is 0.392 e. The third-order valence-electron chi connectivity index (χ3n) is 1.88. The standard InChI is InChI=1S/C12H18N2O2/c1-12(2,3)14-11(16)13-10-6-4-9(8-15)5-7-10/h4-7,15H,8H2,1-3H3,(H2,13,14,16). The molecule has 2 amide bonds. The van der Waals surface area contributed by atoms with Crippen LogP contribution in [-0.4, -0.2) is 16.7 Å². The number of nitrogens with one attached hydrogen (secondary N) is 2. The SMILES string of the molecule is CC(C)(C)NC(=O)Nc1ccc(CO)cc1. The first-order valence-corrected chi connectivity index (χ1v) is 5.20. The minimum absolute atomic E-state index is 0.00840. The highest BCUT2D eigenvalue weighted by atomic mass is 16.3. The van der Waals surface area contributed by atoms with Crippen molar-refractivity contribution < 1.29 is 9.90 Å². The lowest BCUT2D eigenvalue weighted by Crippen LogP contribution is -2.43. The summed E-state index contributed by atoms with van der Waals surface area (Å²) in [5.74, 6) is 0. The summed E-state index contributed by atoms with van der Waals surface area (Å²) in [6.45, 7) is 5.76. The monoisotopic (exact) mass is 222 g/mol. The highest BCUT2D eigenvalue weighted by Crippen LogP contribution is 2.09. The van der Waals surface area contributed by atoms with Crippen LogP contribution in [0.2, 0.25) is 0 Å². The molecular formula is C12H18N2O2. The molecule has 0 saturated heterocycles. The number of anilines is 1. The minimum atomic E-state index is -0.255. The third kappa shape index (κ3) is 4.31. The van der Waals surface area contributed by atoms with Crippen molar-refractivity contribution in [2.45, 2.75) is 32.9 Å². The fraction of sp³-hybridized carbons (Fsp3) is 0.417. The van der Waals surface area contributed by atoms with Crippen LogP contribution in [0.3, 0.4) is 0 Å². The van der Waals surface area contributed by atoms with E-state index in [1.165, 1.54) is 0 Å². The topological polar surface area (TPSA) is 61.4 Å². The number of benzene rings is 1. The van der Waals surface area contributed by atoms with Gasteiger partial charge in [0.1, 0.15) is 0 Å². The van der Waals surface area contributed by atoms with Crippen LogP contribution in [0.4, 0.5) is 10.5 Å². The summed E-state index contributed by atoms with van der Waals surface area (Å²) in [6.07, 6.45) is 0. The molecule has 0 radical (unpaired) electrons. The van der Waals surface area contributed by atoms with Crippen LogP contribution in [0, 0.1) is 0 Å². The lowest BCUT2D eigenvalue weighted by Gasteiger charge is -2.20. The summed E-state index contributed by atoms with van der Waals surface area (Å²) >= 11 is 0. The quantitative estimate of drug-likeness (QED) is 0.717. The third-order valence-corrected chi connectivity index (χ3v) is 1.88. The van der Waals surface area contributed by atoms with E-state index >= 15 is 0 Å². The number of hydrogen-bond acceptors (Lipinski definition) is 2. The molecule has 1 rings (SSSR count). The second kappa shape index (κ2) is 4.99. The molecule has 4 heteroatoms. The zero-order chi connectivity index (χ0) is 12.2. The van der Waals surface area contributed by atoms with Crippen LogP contribution < -0.4 is 10.6 Å². The number of rotatable bonds is 2. The Morgan fingerprint density at radius 2 is 1.81 bits per heavy atom. The van der Waals surface area contributed by atoms with Crippen LogP contribution in [-0.2, 0) is 6.61 Å². The summed E-state index contributed by atoms with van der Waals surface area (Å²) < 4.78 is 0. The zero-order valence-electron chi connectivity index (χ0n) is 9.87. The smallest absolute Gasteiger partial charge is 0.319 e. The van der Waals surface area contributed by atoms with E-state index in [4.69, 9.17) is 5.11 Å². The molecule has 0 unspecified atom stereocenters. The van der Waals surface area contributed by atoms with Gasteiger partial charge in [0.25, 0.3) is 0 Å². The van der Waals surface area contributed by atoms with Crippen LogP contribution in [0.5, 0.6) is 0 Å². The number of carbonyl (C=O) groups excluding carboxylic acids is 1. The van der Waals surface area contributed by atoms with Gasteiger partial charge in [0.15, 0.2) is 0 Å². The number of carbonyl (C=O) groups is 1. The molecule has 0 aromatic heterocycles. The lowest BCUT2D eigenvalue weighted by atomic mass is 10.1. The Labute approximate surface area is 95.7 Å². The Hall–Kier alpha value is -1.55. The molecule has 0 heterocycles. The van der Waals surface area contributed by atoms with Gasteiger partial charge in [-0.2, -0.15) is 0 Å². The molecule has 0 spiro atoms. The van der Waals surface area contributed by atoms with Crippen molar-refractivity contribution >= 4 is 11.7 Å². The molecular weight excluding hydrogens is 204 g/mol. The molecule has 0 aliphatic heterocycles. The highest BCUT2D eigenvalue weighted by molar-refractivity contribution is 5.89. The van der Waals surface area contributed by atoms with Gasteiger partial charge in [0, 0.05) is 11.2 Å². The first-order chi connectivity index (χ1) is 7.40. The Bertz CT molecular complexity index is 352. The van der Waals surface area contributed by atoms with Gasteiger partial charge < -0.3 is 15.7 Å². The Morgan fingerprint density at radius 1 is 1.25 bits per heavy atom. The van der Waals surface area contributed by atoms with Gasteiger partial charge in [-0.15, -0.1) is 0 Å². The van der Waals surface area contributed by atoms with E-state index in [0.29, 0.717) is 5.69 Å². The first-order valence-electron chi connectivity index (χ1n) is 5.20. The van der Waals surface area contributed by atoms with E-state index in [9.17, 15) is 4.79 Å². The summed E-state index contributed by atoms with van der Waals surface area (Å²) in [6, 6.07) is 6.82. The normalized spacial score (nSPS) is 11.0. The second-order valence-corrected chi connectivity index (χ2v) is 4.68. The highest BCUT2D eigenvalue weighted by Gasteiger charge is 2.13. The fourth-order valence-corrected chi connectivity index (χ4v) is 1.20. The number of urea groups is 1. The average molecular weight is 222 g/mol. The molecule has 0 fully saturated rings. The maximum absolute atomic E-state index is 11.5. The van der Waals surface area contributed by atoms with Gasteiger partial charge in [0.2, 0.25) is 0 Å².